The normalized spacial score (nSPS) is 15.9. The topological polar surface area (TPSA) is 94.6 Å². The molecule has 0 saturated carbocycles. The van der Waals surface area contributed by atoms with Gasteiger partial charge >= 0.3 is 5.97 Å². The van der Waals surface area contributed by atoms with Gasteiger partial charge in [-0.1, -0.05) is 23.7 Å². The molecule has 0 amide bonds. The number of allylic oxidation sites excluding steroid dienone is 2. The number of hydrogen-bond acceptors (Lipinski definition) is 6. The lowest BCUT2D eigenvalue weighted by atomic mass is 9.80. The van der Waals surface area contributed by atoms with E-state index in [-0.39, 0.29) is 17.0 Å². The van der Waals surface area contributed by atoms with Gasteiger partial charge in [-0.05, 0) is 67.3 Å². The van der Waals surface area contributed by atoms with E-state index in [4.69, 9.17) is 31.5 Å². The molecular formula is C24H23ClN2O4. The Kier molecular flexibility index (Phi) is 6.57. The van der Waals surface area contributed by atoms with Crippen LogP contribution < -0.4 is 10.5 Å². The summed E-state index contributed by atoms with van der Waals surface area (Å²) in [4.78, 5) is 12.6. The van der Waals surface area contributed by atoms with Gasteiger partial charge in [0.1, 0.15) is 29.8 Å². The predicted molar refractivity (Wildman–Crippen MR) is 117 cm³/mol. The van der Waals surface area contributed by atoms with E-state index in [2.05, 4.69) is 6.07 Å². The first-order chi connectivity index (χ1) is 14.8. The quantitative estimate of drug-likeness (QED) is 0.674. The largest absolute Gasteiger partial charge is 0.489 e. The molecule has 0 aliphatic carbocycles. The van der Waals surface area contributed by atoms with Crippen LogP contribution in [0.15, 0.2) is 59.2 Å². The Morgan fingerprint density at radius 2 is 1.87 bits per heavy atom. The molecular weight excluding hydrogens is 416 g/mol. The van der Waals surface area contributed by atoms with E-state index in [1.165, 1.54) is 7.11 Å². The van der Waals surface area contributed by atoms with Crippen molar-refractivity contribution in [2.45, 2.75) is 33.3 Å². The number of benzene rings is 2. The second kappa shape index (κ2) is 9.15. The Morgan fingerprint density at radius 1 is 1.19 bits per heavy atom. The highest BCUT2D eigenvalue weighted by Crippen LogP contribution is 2.41. The number of aryl methyl sites for hydroxylation is 2. The van der Waals surface area contributed by atoms with E-state index in [1.54, 1.807) is 31.2 Å². The van der Waals surface area contributed by atoms with Crippen LogP contribution in [0.25, 0.3) is 0 Å². The molecule has 0 spiro atoms. The number of halogens is 1. The molecule has 0 unspecified atom stereocenters. The maximum atomic E-state index is 12.6. The summed E-state index contributed by atoms with van der Waals surface area (Å²) in [6.45, 7) is 5.85. The minimum Gasteiger partial charge on any atom is -0.489 e. The van der Waals surface area contributed by atoms with Crippen LogP contribution in [0.4, 0.5) is 0 Å². The average Bonchev–Trinajstić information content (AvgIpc) is 2.73. The molecule has 0 bridgehead atoms. The van der Waals surface area contributed by atoms with Gasteiger partial charge in [0.2, 0.25) is 5.88 Å². The van der Waals surface area contributed by atoms with Crippen LogP contribution in [0.2, 0.25) is 5.02 Å². The molecule has 2 N–H and O–H groups in total. The fourth-order valence-corrected chi connectivity index (χ4v) is 3.77. The molecule has 2 aromatic carbocycles. The van der Waals surface area contributed by atoms with E-state index in [0.29, 0.717) is 23.1 Å². The van der Waals surface area contributed by atoms with Crippen molar-refractivity contribution >= 4 is 17.6 Å². The molecule has 7 heteroatoms. The molecule has 0 fully saturated rings. The molecule has 31 heavy (non-hydrogen) atoms. The minimum atomic E-state index is -0.693. The van der Waals surface area contributed by atoms with Crippen molar-refractivity contribution in [1.82, 2.24) is 0 Å². The Morgan fingerprint density at radius 3 is 2.48 bits per heavy atom. The smallest absolute Gasteiger partial charge is 0.338 e. The molecule has 1 aliphatic heterocycles. The van der Waals surface area contributed by atoms with Gasteiger partial charge in [-0.25, -0.2) is 4.79 Å². The maximum absolute atomic E-state index is 12.6. The minimum absolute atomic E-state index is 0.0170. The van der Waals surface area contributed by atoms with E-state index in [1.807, 2.05) is 26.0 Å². The van der Waals surface area contributed by atoms with Crippen LogP contribution in [0, 0.1) is 25.2 Å². The third-order valence-electron chi connectivity index (χ3n) is 5.25. The monoisotopic (exact) mass is 438 g/mol. The second-order valence-corrected chi connectivity index (χ2v) is 7.70. The van der Waals surface area contributed by atoms with Crippen LogP contribution in [0.1, 0.15) is 35.1 Å². The van der Waals surface area contributed by atoms with Crippen molar-refractivity contribution < 1.29 is 19.0 Å². The highest BCUT2D eigenvalue weighted by Gasteiger charge is 2.37. The first kappa shape index (κ1) is 22.3. The number of nitrogens with zero attached hydrogens (tertiary/aromatic N) is 1. The van der Waals surface area contributed by atoms with Crippen molar-refractivity contribution in [2.24, 2.45) is 5.73 Å². The van der Waals surface area contributed by atoms with Crippen LogP contribution in [-0.2, 0) is 20.9 Å². The average molecular weight is 439 g/mol. The maximum Gasteiger partial charge on any atom is 0.338 e. The van der Waals surface area contributed by atoms with Gasteiger partial charge in [0.05, 0.1) is 18.6 Å². The number of nitriles is 1. The molecule has 6 nitrogen and oxygen atoms in total. The molecule has 160 valence electrons. The SMILES string of the molecule is COC(=O)C1=C(C)OC(N)=C(C#N)[C@H]1c1cc(COc2ccc(Cl)cc2)c(C)cc1C. The van der Waals surface area contributed by atoms with E-state index in [0.717, 1.165) is 22.3 Å². The summed E-state index contributed by atoms with van der Waals surface area (Å²) in [5.74, 6) is -0.281. The standard InChI is InChI=1S/C24H23ClN2O4/c1-13-9-14(2)19(10-16(13)12-30-18-7-5-17(25)6-8-18)22-20(11-26)23(27)31-15(3)21(22)24(28)29-4/h5-10,22H,12,27H2,1-4H3/t22-/m1/s1. The molecule has 0 saturated heterocycles. The van der Waals surface area contributed by atoms with Crippen molar-refractivity contribution in [1.29, 1.82) is 5.26 Å². The van der Waals surface area contributed by atoms with Gasteiger partial charge in [-0.15, -0.1) is 0 Å². The second-order valence-electron chi connectivity index (χ2n) is 7.26. The Hall–Kier alpha value is -3.43. The molecule has 1 heterocycles. The van der Waals surface area contributed by atoms with Crippen molar-refractivity contribution in [3.05, 3.63) is 86.5 Å². The number of methoxy groups -OCH3 is 1. The van der Waals surface area contributed by atoms with Gasteiger partial charge in [0.25, 0.3) is 0 Å². The summed E-state index contributed by atoms with van der Waals surface area (Å²) in [6.07, 6.45) is 0. The molecule has 2 aromatic rings. The summed E-state index contributed by atoms with van der Waals surface area (Å²) in [7, 11) is 1.29. The van der Waals surface area contributed by atoms with Crippen LogP contribution in [0.5, 0.6) is 5.75 Å². The van der Waals surface area contributed by atoms with Crippen LogP contribution in [-0.4, -0.2) is 13.1 Å². The van der Waals surface area contributed by atoms with Crippen molar-refractivity contribution in [3.63, 3.8) is 0 Å². The summed E-state index contributed by atoms with van der Waals surface area (Å²) in [6, 6.07) is 13.2. The van der Waals surface area contributed by atoms with Gasteiger partial charge < -0.3 is 19.9 Å². The van der Waals surface area contributed by atoms with Gasteiger partial charge in [0.15, 0.2) is 0 Å². The fourth-order valence-electron chi connectivity index (χ4n) is 3.64. The number of nitrogens with two attached hydrogens (primary N) is 1. The lowest BCUT2D eigenvalue weighted by Crippen LogP contribution is -2.25. The molecule has 0 radical (unpaired) electrons. The molecule has 1 aliphatic rings. The third kappa shape index (κ3) is 4.52. The van der Waals surface area contributed by atoms with Gasteiger partial charge in [-0.2, -0.15) is 5.26 Å². The van der Waals surface area contributed by atoms with Gasteiger partial charge in [-0.3, -0.25) is 0 Å². The summed E-state index contributed by atoms with van der Waals surface area (Å²) in [5, 5.41) is 10.4. The van der Waals surface area contributed by atoms with Crippen molar-refractivity contribution in [2.75, 3.05) is 7.11 Å². The Balaban J connectivity index is 2.06. The van der Waals surface area contributed by atoms with Crippen LogP contribution in [0.3, 0.4) is 0 Å². The fraction of sp³-hybridized carbons (Fsp3) is 0.250. The number of carbonyl (C=O) groups excluding carboxylic acids is 1. The first-order valence-electron chi connectivity index (χ1n) is 9.61. The predicted octanol–water partition coefficient (Wildman–Crippen LogP) is 4.79. The number of rotatable bonds is 5. The highest BCUT2D eigenvalue weighted by atomic mass is 35.5. The summed E-state index contributed by atoms with van der Waals surface area (Å²) in [5.41, 5.74) is 10.0. The van der Waals surface area contributed by atoms with E-state index < -0.39 is 11.9 Å². The molecule has 1 atom stereocenters. The lowest BCUT2D eigenvalue weighted by Gasteiger charge is -2.28. The lowest BCUT2D eigenvalue weighted by molar-refractivity contribution is -0.136. The molecule has 3 rings (SSSR count). The zero-order chi connectivity index (χ0) is 22.7. The third-order valence-corrected chi connectivity index (χ3v) is 5.51. The van der Waals surface area contributed by atoms with E-state index >= 15 is 0 Å². The van der Waals surface area contributed by atoms with Gasteiger partial charge in [0, 0.05) is 5.02 Å². The number of carbonyl (C=O) groups is 1. The molecule has 0 aromatic heterocycles. The highest BCUT2D eigenvalue weighted by molar-refractivity contribution is 6.30. The van der Waals surface area contributed by atoms with Crippen LogP contribution >= 0.6 is 11.6 Å². The number of hydrogen-bond donors (Lipinski definition) is 1. The zero-order valence-corrected chi connectivity index (χ0v) is 18.5. The van der Waals surface area contributed by atoms with E-state index in [9.17, 15) is 10.1 Å². The summed E-state index contributed by atoms with van der Waals surface area (Å²) >= 11 is 5.93. The van der Waals surface area contributed by atoms with Crippen molar-refractivity contribution in [3.8, 4) is 11.8 Å². The Bertz CT molecular complexity index is 1130. The Labute approximate surface area is 186 Å². The zero-order valence-electron chi connectivity index (χ0n) is 17.8. The number of ether oxygens (including phenoxy) is 3. The number of esters is 1. The first-order valence-corrected chi connectivity index (χ1v) is 9.99. The summed E-state index contributed by atoms with van der Waals surface area (Å²) < 4.78 is 16.3.